The van der Waals surface area contributed by atoms with Gasteiger partial charge in [0.2, 0.25) is 5.95 Å². The number of rotatable bonds is 7. The van der Waals surface area contributed by atoms with Crippen molar-refractivity contribution in [1.29, 1.82) is 0 Å². The molecule has 0 saturated heterocycles. The molecule has 6 nitrogen and oxygen atoms in total. The van der Waals surface area contributed by atoms with E-state index in [1.54, 1.807) is 25.3 Å². The van der Waals surface area contributed by atoms with Gasteiger partial charge in [0.15, 0.2) is 5.78 Å². The third-order valence-electron chi connectivity index (χ3n) is 4.50. The second-order valence-electron chi connectivity index (χ2n) is 6.76. The van der Waals surface area contributed by atoms with Crippen molar-refractivity contribution in [2.24, 2.45) is 0 Å². The van der Waals surface area contributed by atoms with Crippen LogP contribution < -0.4 is 10.6 Å². The molecule has 2 aromatic carbocycles. The molecule has 0 atom stereocenters. The SMILES string of the molecule is CC(=O)c1cccc(Nc2nc(NCc3ccccn3)cc(-c3ccccc3)n2)c1. The molecule has 0 bridgehead atoms. The lowest BCUT2D eigenvalue weighted by Gasteiger charge is -2.12. The molecule has 0 radical (unpaired) electrons. The molecule has 0 spiro atoms. The maximum atomic E-state index is 11.7. The Balaban J connectivity index is 1.65. The summed E-state index contributed by atoms with van der Waals surface area (Å²) >= 11 is 0. The van der Waals surface area contributed by atoms with Crippen LogP contribution in [0.2, 0.25) is 0 Å². The lowest BCUT2D eigenvalue weighted by Crippen LogP contribution is -2.06. The van der Waals surface area contributed by atoms with Crippen LogP contribution in [0.5, 0.6) is 0 Å². The monoisotopic (exact) mass is 395 g/mol. The minimum atomic E-state index is 0.00956. The van der Waals surface area contributed by atoms with Gasteiger partial charge in [-0.1, -0.05) is 48.5 Å². The van der Waals surface area contributed by atoms with Crippen LogP contribution in [0.4, 0.5) is 17.5 Å². The van der Waals surface area contributed by atoms with E-state index < -0.39 is 0 Å². The van der Waals surface area contributed by atoms with Gasteiger partial charge in [0.05, 0.1) is 17.9 Å². The topological polar surface area (TPSA) is 79.8 Å². The van der Waals surface area contributed by atoms with Crippen LogP contribution in [0.15, 0.2) is 85.1 Å². The van der Waals surface area contributed by atoms with Gasteiger partial charge in [-0.15, -0.1) is 0 Å². The number of nitrogens with one attached hydrogen (secondary N) is 2. The van der Waals surface area contributed by atoms with Crippen LogP contribution in [0.3, 0.4) is 0 Å². The number of pyridine rings is 1. The Bertz CT molecular complexity index is 1150. The van der Waals surface area contributed by atoms with Gasteiger partial charge in [-0.3, -0.25) is 9.78 Å². The van der Waals surface area contributed by atoms with Crippen molar-refractivity contribution < 1.29 is 4.79 Å². The van der Waals surface area contributed by atoms with Crippen LogP contribution in [0.1, 0.15) is 23.0 Å². The summed E-state index contributed by atoms with van der Waals surface area (Å²) in [5.74, 6) is 1.13. The molecule has 0 aliphatic rings. The molecule has 148 valence electrons. The normalized spacial score (nSPS) is 10.4. The minimum absolute atomic E-state index is 0.00956. The average molecular weight is 395 g/mol. The summed E-state index contributed by atoms with van der Waals surface area (Å²) in [4.78, 5) is 25.3. The number of hydrogen-bond donors (Lipinski definition) is 2. The van der Waals surface area contributed by atoms with Crippen molar-refractivity contribution >= 4 is 23.2 Å². The predicted molar refractivity (Wildman–Crippen MR) is 119 cm³/mol. The van der Waals surface area contributed by atoms with Gasteiger partial charge in [0.1, 0.15) is 5.82 Å². The van der Waals surface area contributed by atoms with Crippen LogP contribution in [0.25, 0.3) is 11.3 Å². The molecule has 0 amide bonds. The zero-order valence-electron chi connectivity index (χ0n) is 16.5. The first-order chi connectivity index (χ1) is 14.7. The first kappa shape index (κ1) is 19.3. The number of ketones is 1. The molecule has 30 heavy (non-hydrogen) atoms. The highest BCUT2D eigenvalue weighted by atomic mass is 16.1. The molecular weight excluding hydrogens is 374 g/mol. The fourth-order valence-electron chi connectivity index (χ4n) is 2.98. The summed E-state index contributed by atoms with van der Waals surface area (Å²) < 4.78 is 0. The maximum absolute atomic E-state index is 11.7. The first-order valence-electron chi connectivity index (χ1n) is 9.64. The number of carbonyl (C=O) groups excluding carboxylic acids is 1. The quantitative estimate of drug-likeness (QED) is 0.424. The fraction of sp³-hybridized carbons (Fsp3) is 0.0833. The molecular formula is C24H21N5O. The molecule has 0 unspecified atom stereocenters. The number of benzene rings is 2. The second kappa shape index (κ2) is 8.96. The molecule has 0 saturated carbocycles. The maximum Gasteiger partial charge on any atom is 0.229 e. The summed E-state index contributed by atoms with van der Waals surface area (Å²) in [6.45, 7) is 2.09. The highest BCUT2D eigenvalue weighted by Crippen LogP contribution is 2.23. The minimum Gasteiger partial charge on any atom is -0.364 e. The van der Waals surface area contributed by atoms with Crippen LogP contribution >= 0.6 is 0 Å². The second-order valence-corrected chi connectivity index (χ2v) is 6.76. The van der Waals surface area contributed by atoms with Crippen LogP contribution in [0, 0.1) is 0 Å². The third kappa shape index (κ3) is 4.86. The van der Waals surface area contributed by atoms with Crippen LogP contribution in [-0.4, -0.2) is 20.7 Å². The Morgan fingerprint density at radius 3 is 2.50 bits per heavy atom. The number of nitrogens with zero attached hydrogens (tertiary/aromatic N) is 3. The van der Waals surface area contributed by atoms with E-state index in [2.05, 4.69) is 25.6 Å². The van der Waals surface area contributed by atoms with Crippen molar-refractivity contribution in [3.05, 3.63) is 96.3 Å². The summed E-state index contributed by atoms with van der Waals surface area (Å²) in [5.41, 5.74) is 4.08. The van der Waals surface area contributed by atoms with Gasteiger partial charge in [-0.25, -0.2) is 4.98 Å². The number of hydrogen-bond acceptors (Lipinski definition) is 6. The third-order valence-corrected chi connectivity index (χ3v) is 4.50. The number of anilines is 3. The largest absolute Gasteiger partial charge is 0.364 e. The van der Waals surface area contributed by atoms with Gasteiger partial charge in [0, 0.05) is 29.1 Å². The Morgan fingerprint density at radius 1 is 0.900 bits per heavy atom. The van der Waals surface area contributed by atoms with Gasteiger partial charge < -0.3 is 10.6 Å². The van der Waals surface area contributed by atoms with E-state index in [1.807, 2.05) is 66.7 Å². The fourth-order valence-corrected chi connectivity index (χ4v) is 2.98. The van der Waals surface area contributed by atoms with Crippen LogP contribution in [-0.2, 0) is 6.54 Å². The Morgan fingerprint density at radius 2 is 1.73 bits per heavy atom. The lowest BCUT2D eigenvalue weighted by molar-refractivity contribution is 0.101. The molecule has 4 rings (SSSR count). The zero-order valence-corrected chi connectivity index (χ0v) is 16.5. The van der Waals surface area contributed by atoms with Crippen molar-refractivity contribution in [2.75, 3.05) is 10.6 Å². The zero-order chi connectivity index (χ0) is 20.8. The molecule has 2 N–H and O–H groups in total. The summed E-state index contributed by atoms with van der Waals surface area (Å²) in [7, 11) is 0. The Kier molecular flexibility index (Phi) is 5.75. The number of aromatic nitrogens is 3. The molecule has 0 aliphatic heterocycles. The van der Waals surface area contributed by atoms with E-state index in [0.717, 1.165) is 22.6 Å². The van der Waals surface area contributed by atoms with E-state index in [9.17, 15) is 4.79 Å². The molecule has 2 aromatic heterocycles. The van der Waals surface area contributed by atoms with Gasteiger partial charge in [0.25, 0.3) is 0 Å². The molecule has 4 aromatic rings. The predicted octanol–water partition coefficient (Wildman–Crippen LogP) is 5.10. The van der Waals surface area contributed by atoms with Gasteiger partial charge in [-0.05, 0) is 31.2 Å². The molecule has 0 fully saturated rings. The number of carbonyl (C=O) groups is 1. The highest BCUT2D eigenvalue weighted by molar-refractivity contribution is 5.95. The summed E-state index contributed by atoms with van der Waals surface area (Å²) in [6, 6.07) is 24.9. The van der Waals surface area contributed by atoms with E-state index in [1.165, 1.54) is 0 Å². The summed E-state index contributed by atoms with van der Waals surface area (Å²) in [5, 5.41) is 6.54. The van der Waals surface area contributed by atoms with Crippen molar-refractivity contribution in [3.63, 3.8) is 0 Å². The van der Waals surface area contributed by atoms with E-state index >= 15 is 0 Å². The first-order valence-corrected chi connectivity index (χ1v) is 9.64. The van der Waals surface area contributed by atoms with Crippen molar-refractivity contribution in [2.45, 2.75) is 13.5 Å². The van der Waals surface area contributed by atoms with Gasteiger partial charge in [-0.2, -0.15) is 4.98 Å². The van der Waals surface area contributed by atoms with E-state index in [4.69, 9.17) is 0 Å². The average Bonchev–Trinajstić information content (AvgIpc) is 2.79. The number of Topliss-reactive ketones (excluding diaryl/α,β-unsaturated/α-hetero) is 1. The smallest absolute Gasteiger partial charge is 0.229 e. The molecule has 6 heteroatoms. The molecule has 2 heterocycles. The molecule has 0 aliphatic carbocycles. The van der Waals surface area contributed by atoms with Crippen molar-refractivity contribution in [3.8, 4) is 11.3 Å². The van der Waals surface area contributed by atoms with E-state index in [0.29, 0.717) is 23.9 Å². The summed E-state index contributed by atoms with van der Waals surface area (Å²) in [6.07, 6.45) is 1.77. The van der Waals surface area contributed by atoms with Gasteiger partial charge >= 0.3 is 0 Å². The van der Waals surface area contributed by atoms with Crippen molar-refractivity contribution in [1.82, 2.24) is 15.0 Å². The highest BCUT2D eigenvalue weighted by Gasteiger charge is 2.09. The Labute approximate surface area is 175 Å². The van der Waals surface area contributed by atoms with E-state index in [-0.39, 0.29) is 5.78 Å². The lowest BCUT2D eigenvalue weighted by atomic mass is 10.1. The Hall–Kier alpha value is -4.06. The standard InChI is InChI=1S/C24H21N5O/c1-17(30)19-10-7-12-20(14-19)27-24-28-22(18-8-3-2-4-9-18)15-23(29-24)26-16-21-11-5-6-13-25-21/h2-15H,16H2,1H3,(H2,26,27,28,29).